The van der Waals surface area contributed by atoms with Gasteiger partial charge in [-0.25, -0.2) is 4.79 Å². The third kappa shape index (κ3) is 4.08. The topological polar surface area (TPSA) is 103 Å². The van der Waals surface area contributed by atoms with Crippen LogP contribution in [0.1, 0.15) is 32.1 Å². The Morgan fingerprint density at radius 3 is 2.76 bits per heavy atom. The Labute approximate surface area is 123 Å². The van der Waals surface area contributed by atoms with E-state index < -0.39 is 18.0 Å². The quantitative estimate of drug-likeness (QED) is 0.738. The molecule has 2 N–H and O–H groups in total. The van der Waals surface area contributed by atoms with Crippen molar-refractivity contribution >= 4 is 12.0 Å². The number of ether oxygens (including phenoxy) is 1. The van der Waals surface area contributed by atoms with Gasteiger partial charge >= 0.3 is 12.0 Å². The first-order valence-electron chi connectivity index (χ1n) is 7.41. The molecule has 2 fully saturated rings. The smallest absolute Gasteiger partial charge is 0.317 e. The number of nitrogens with one attached hydrogen (secondary N) is 1. The summed E-state index contributed by atoms with van der Waals surface area (Å²) in [6.07, 6.45) is 3.51. The monoisotopic (exact) mass is 295 g/mol. The molecule has 7 heteroatoms. The first kappa shape index (κ1) is 15.6. The summed E-state index contributed by atoms with van der Waals surface area (Å²) in [5.41, 5.74) is 0. The van der Waals surface area contributed by atoms with Gasteiger partial charge in [0, 0.05) is 12.6 Å². The Bertz CT molecular complexity index is 434. The number of urea groups is 1. The number of carboxylic acid groups (broad SMARTS) is 1. The highest BCUT2D eigenvalue weighted by Gasteiger charge is 2.32. The molecule has 0 spiro atoms. The van der Waals surface area contributed by atoms with E-state index >= 15 is 0 Å². The zero-order valence-electron chi connectivity index (χ0n) is 12.0. The molecule has 1 saturated heterocycles. The van der Waals surface area contributed by atoms with Gasteiger partial charge in [0.25, 0.3) is 0 Å². The van der Waals surface area contributed by atoms with Crippen molar-refractivity contribution < 1.29 is 19.4 Å². The molecule has 1 heterocycles. The van der Waals surface area contributed by atoms with E-state index in [1.807, 2.05) is 6.07 Å². The summed E-state index contributed by atoms with van der Waals surface area (Å²) in [5.74, 6) is -1.37. The minimum atomic E-state index is -0.848. The highest BCUT2D eigenvalue weighted by Crippen LogP contribution is 2.24. The van der Waals surface area contributed by atoms with Crippen LogP contribution in [0.2, 0.25) is 0 Å². The number of hydrogen-bond donors (Lipinski definition) is 2. The lowest BCUT2D eigenvalue weighted by molar-refractivity contribution is -0.142. The number of aliphatic carboxylic acids is 1. The summed E-state index contributed by atoms with van der Waals surface area (Å²) in [5, 5.41) is 21.0. The predicted octanol–water partition coefficient (Wildman–Crippen LogP) is 0.954. The zero-order valence-corrected chi connectivity index (χ0v) is 12.0. The summed E-state index contributed by atoms with van der Waals surface area (Å²) in [4.78, 5) is 25.1. The van der Waals surface area contributed by atoms with Gasteiger partial charge in [-0.1, -0.05) is 19.3 Å². The van der Waals surface area contributed by atoms with Crippen LogP contribution in [0.3, 0.4) is 0 Å². The molecule has 7 nitrogen and oxygen atoms in total. The third-order valence-corrected chi connectivity index (χ3v) is 4.14. The van der Waals surface area contributed by atoms with Gasteiger partial charge in [0.2, 0.25) is 0 Å². The second kappa shape index (κ2) is 7.27. The van der Waals surface area contributed by atoms with E-state index in [1.54, 1.807) is 0 Å². The first-order valence-corrected chi connectivity index (χ1v) is 7.41. The lowest BCUT2D eigenvalue weighted by Crippen LogP contribution is -2.53. The number of rotatable bonds is 2. The predicted molar refractivity (Wildman–Crippen MR) is 73.5 cm³/mol. The molecule has 0 aromatic carbocycles. The van der Waals surface area contributed by atoms with E-state index in [9.17, 15) is 14.7 Å². The van der Waals surface area contributed by atoms with E-state index in [4.69, 9.17) is 10.00 Å². The maximum absolute atomic E-state index is 12.3. The van der Waals surface area contributed by atoms with E-state index in [-0.39, 0.29) is 18.6 Å². The van der Waals surface area contributed by atoms with Crippen LogP contribution in [0.25, 0.3) is 0 Å². The van der Waals surface area contributed by atoms with Crippen molar-refractivity contribution in [2.75, 3.05) is 19.7 Å². The lowest BCUT2D eigenvalue weighted by atomic mass is 9.95. The van der Waals surface area contributed by atoms with Crippen molar-refractivity contribution in [2.45, 2.75) is 44.2 Å². The second-order valence-corrected chi connectivity index (χ2v) is 5.57. The molecule has 1 saturated carbocycles. The average molecular weight is 295 g/mol. The van der Waals surface area contributed by atoms with Crippen LogP contribution in [-0.2, 0) is 9.53 Å². The number of carboxylic acids is 1. The molecule has 1 aliphatic carbocycles. The number of carbonyl (C=O) groups is 2. The van der Waals surface area contributed by atoms with Crippen LogP contribution >= 0.6 is 0 Å². The van der Waals surface area contributed by atoms with E-state index in [2.05, 4.69) is 5.32 Å². The van der Waals surface area contributed by atoms with Gasteiger partial charge in [0.1, 0.15) is 0 Å². The summed E-state index contributed by atoms with van der Waals surface area (Å²) in [6.45, 7) is 0.986. The Balaban J connectivity index is 1.96. The molecular weight excluding hydrogens is 274 g/mol. The minimum Gasteiger partial charge on any atom is -0.481 e. The molecular formula is C14H21N3O4. The molecule has 1 aliphatic heterocycles. The summed E-state index contributed by atoms with van der Waals surface area (Å²) < 4.78 is 5.20. The van der Waals surface area contributed by atoms with Gasteiger partial charge < -0.3 is 20.1 Å². The van der Waals surface area contributed by atoms with Crippen LogP contribution < -0.4 is 5.32 Å². The van der Waals surface area contributed by atoms with Gasteiger partial charge in [0.05, 0.1) is 25.1 Å². The van der Waals surface area contributed by atoms with Crippen molar-refractivity contribution in [3.05, 3.63) is 0 Å². The van der Waals surface area contributed by atoms with Crippen LogP contribution in [-0.4, -0.2) is 53.8 Å². The van der Waals surface area contributed by atoms with E-state index in [1.165, 1.54) is 4.90 Å². The fourth-order valence-electron chi connectivity index (χ4n) is 2.94. The maximum atomic E-state index is 12.3. The molecule has 2 rings (SSSR count). The number of carbonyl (C=O) groups excluding carboxylic acids is 1. The highest BCUT2D eigenvalue weighted by molar-refractivity contribution is 5.77. The number of hydrogen-bond acceptors (Lipinski definition) is 4. The van der Waals surface area contributed by atoms with E-state index in [0.717, 1.165) is 19.3 Å². The van der Waals surface area contributed by atoms with Crippen molar-refractivity contribution in [1.29, 1.82) is 5.26 Å². The SMILES string of the molecule is N#CC1CN(C(=O)NC2CCCCCC2C(=O)O)CCO1. The normalized spacial score (nSPS) is 30.0. The molecule has 0 aromatic heterocycles. The first-order chi connectivity index (χ1) is 10.1. The molecule has 0 radical (unpaired) electrons. The second-order valence-electron chi connectivity index (χ2n) is 5.57. The molecule has 0 aromatic rings. The van der Waals surface area contributed by atoms with Crippen molar-refractivity contribution in [3.8, 4) is 6.07 Å². The molecule has 21 heavy (non-hydrogen) atoms. The van der Waals surface area contributed by atoms with Crippen molar-refractivity contribution in [2.24, 2.45) is 5.92 Å². The van der Waals surface area contributed by atoms with Crippen molar-refractivity contribution in [3.63, 3.8) is 0 Å². The lowest BCUT2D eigenvalue weighted by Gasteiger charge is -2.32. The van der Waals surface area contributed by atoms with Gasteiger partial charge in [-0.05, 0) is 12.8 Å². The van der Waals surface area contributed by atoms with Crippen LogP contribution in [0.4, 0.5) is 4.79 Å². The molecule has 3 atom stereocenters. The van der Waals surface area contributed by atoms with Gasteiger partial charge in [-0.15, -0.1) is 0 Å². The number of amides is 2. The van der Waals surface area contributed by atoms with Crippen LogP contribution in [0, 0.1) is 17.2 Å². The Kier molecular flexibility index (Phi) is 5.39. The summed E-state index contributed by atoms with van der Waals surface area (Å²) in [7, 11) is 0. The van der Waals surface area contributed by atoms with Crippen LogP contribution in [0.5, 0.6) is 0 Å². The zero-order chi connectivity index (χ0) is 15.2. The van der Waals surface area contributed by atoms with Gasteiger partial charge in [0.15, 0.2) is 6.10 Å². The molecule has 2 amide bonds. The highest BCUT2D eigenvalue weighted by atomic mass is 16.5. The number of morpholine rings is 1. The fraction of sp³-hybridized carbons (Fsp3) is 0.786. The third-order valence-electron chi connectivity index (χ3n) is 4.14. The van der Waals surface area contributed by atoms with Gasteiger partial charge in [-0.2, -0.15) is 5.26 Å². The minimum absolute atomic E-state index is 0.229. The largest absolute Gasteiger partial charge is 0.481 e. The Morgan fingerprint density at radius 1 is 1.29 bits per heavy atom. The Morgan fingerprint density at radius 2 is 2.05 bits per heavy atom. The Hall–Kier alpha value is -1.81. The molecule has 2 aliphatic rings. The maximum Gasteiger partial charge on any atom is 0.317 e. The average Bonchev–Trinajstić information content (AvgIpc) is 2.72. The van der Waals surface area contributed by atoms with Crippen molar-refractivity contribution in [1.82, 2.24) is 10.2 Å². The molecule has 116 valence electrons. The fourth-order valence-corrected chi connectivity index (χ4v) is 2.94. The molecule has 0 bridgehead atoms. The summed E-state index contributed by atoms with van der Waals surface area (Å²) >= 11 is 0. The van der Waals surface area contributed by atoms with Gasteiger partial charge in [-0.3, -0.25) is 4.79 Å². The molecule has 3 unspecified atom stereocenters. The number of nitrogens with zero attached hydrogens (tertiary/aromatic N) is 2. The standard InChI is InChI=1S/C14H21N3O4/c15-8-10-9-17(6-7-21-10)14(20)16-12-5-3-1-2-4-11(12)13(18)19/h10-12H,1-7,9H2,(H,16,20)(H,18,19). The van der Waals surface area contributed by atoms with E-state index in [0.29, 0.717) is 26.0 Å². The summed E-state index contributed by atoms with van der Waals surface area (Å²) in [6, 6.07) is 1.36. The van der Waals surface area contributed by atoms with Crippen LogP contribution in [0.15, 0.2) is 0 Å². The number of nitriles is 1.